The molecule has 0 unspecified atom stereocenters. The van der Waals surface area contributed by atoms with Crippen molar-refractivity contribution < 1.29 is 4.42 Å². The van der Waals surface area contributed by atoms with Crippen molar-refractivity contribution in [2.75, 3.05) is 0 Å². The summed E-state index contributed by atoms with van der Waals surface area (Å²) in [5, 5.41) is 0. The normalized spacial score (nSPS) is 10.3. The van der Waals surface area contributed by atoms with Gasteiger partial charge in [-0.3, -0.25) is 0 Å². The molecule has 0 saturated carbocycles. The van der Waals surface area contributed by atoms with Crippen molar-refractivity contribution in [2.45, 2.75) is 13.8 Å². The zero-order valence-electron chi connectivity index (χ0n) is 7.74. The van der Waals surface area contributed by atoms with Gasteiger partial charge in [0.05, 0.1) is 6.20 Å². The van der Waals surface area contributed by atoms with Crippen LogP contribution in [0.15, 0.2) is 34.9 Å². The van der Waals surface area contributed by atoms with Crippen LogP contribution < -0.4 is 0 Å². The Balaban J connectivity index is 2.41. The highest BCUT2D eigenvalue weighted by Gasteiger charge is 2.01. The van der Waals surface area contributed by atoms with E-state index in [9.17, 15) is 0 Å². The van der Waals surface area contributed by atoms with Crippen LogP contribution >= 0.6 is 0 Å². The van der Waals surface area contributed by atoms with E-state index in [1.54, 1.807) is 6.20 Å². The van der Waals surface area contributed by atoms with E-state index in [2.05, 4.69) is 24.0 Å². The van der Waals surface area contributed by atoms with Gasteiger partial charge >= 0.3 is 0 Å². The SMILES string of the molecule is Cc1ccc(-c2cnc(C)o2)cc1. The largest absolute Gasteiger partial charge is 0.441 e. The molecule has 0 spiro atoms. The van der Waals surface area contributed by atoms with Crippen LogP contribution in [0.1, 0.15) is 11.5 Å². The van der Waals surface area contributed by atoms with Crippen molar-refractivity contribution >= 4 is 0 Å². The lowest BCUT2D eigenvalue weighted by atomic mass is 10.1. The number of nitrogens with zero attached hydrogens (tertiary/aromatic N) is 1. The summed E-state index contributed by atoms with van der Waals surface area (Å²) in [6.45, 7) is 3.91. The maximum atomic E-state index is 5.40. The maximum Gasteiger partial charge on any atom is 0.191 e. The standard InChI is InChI=1S/C11H11NO/c1-8-3-5-10(6-4-8)11-7-12-9(2)13-11/h3-7H,1-2H3. The molecule has 2 aromatic rings. The maximum absolute atomic E-state index is 5.40. The molecule has 0 aliphatic rings. The molecule has 2 rings (SSSR count). The third-order valence-corrected chi connectivity index (χ3v) is 1.96. The van der Waals surface area contributed by atoms with Gasteiger partial charge in [-0.2, -0.15) is 0 Å². The monoisotopic (exact) mass is 173 g/mol. The average Bonchev–Trinajstić information content (AvgIpc) is 2.53. The van der Waals surface area contributed by atoms with Crippen LogP contribution in [0.5, 0.6) is 0 Å². The topological polar surface area (TPSA) is 26.0 Å². The smallest absolute Gasteiger partial charge is 0.191 e. The molecule has 0 N–H and O–H groups in total. The van der Waals surface area contributed by atoms with E-state index in [1.807, 2.05) is 19.1 Å². The lowest BCUT2D eigenvalue weighted by Crippen LogP contribution is -1.74. The van der Waals surface area contributed by atoms with Crippen LogP contribution in [0, 0.1) is 13.8 Å². The molecule has 13 heavy (non-hydrogen) atoms. The third-order valence-electron chi connectivity index (χ3n) is 1.96. The Bertz CT molecular complexity index is 400. The molecule has 0 saturated heterocycles. The lowest BCUT2D eigenvalue weighted by Gasteiger charge is -1.95. The lowest BCUT2D eigenvalue weighted by molar-refractivity contribution is 0.534. The Morgan fingerprint density at radius 2 is 1.77 bits per heavy atom. The van der Waals surface area contributed by atoms with Crippen molar-refractivity contribution in [2.24, 2.45) is 0 Å². The molecule has 2 heteroatoms. The van der Waals surface area contributed by atoms with Crippen LogP contribution in [0.3, 0.4) is 0 Å². The molecule has 0 fully saturated rings. The number of oxazole rings is 1. The second-order valence-electron chi connectivity index (χ2n) is 3.11. The fourth-order valence-electron chi connectivity index (χ4n) is 1.21. The van der Waals surface area contributed by atoms with E-state index in [4.69, 9.17) is 4.42 Å². The molecule has 0 amide bonds. The van der Waals surface area contributed by atoms with Crippen LogP contribution in [0.2, 0.25) is 0 Å². The highest BCUT2D eigenvalue weighted by molar-refractivity contribution is 5.56. The Hall–Kier alpha value is -1.57. The summed E-state index contributed by atoms with van der Waals surface area (Å²) in [5.74, 6) is 1.54. The molecule has 0 aliphatic heterocycles. The minimum Gasteiger partial charge on any atom is -0.441 e. The second kappa shape index (κ2) is 3.05. The summed E-state index contributed by atoms with van der Waals surface area (Å²) < 4.78 is 5.40. The van der Waals surface area contributed by atoms with Gasteiger partial charge in [-0.1, -0.05) is 29.8 Å². The molecule has 0 aliphatic carbocycles. The van der Waals surface area contributed by atoms with E-state index in [1.165, 1.54) is 5.56 Å². The van der Waals surface area contributed by atoms with E-state index >= 15 is 0 Å². The first-order valence-corrected chi connectivity index (χ1v) is 4.25. The van der Waals surface area contributed by atoms with Crippen LogP contribution in [0.25, 0.3) is 11.3 Å². The van der Waals surface area contributed by atoms with Crippen LogP contribution in [-0.2, 0) is 0 Å². The number of hydrogen-bond acceptors (Lipinski definition) is 2. The molecule has 2 nitrogen and oxygen atoms in total. The van der Waals surface area contributed by atoms with Gasteiger partial charge in [0, 0.05) is 12.5 Å². The van der Waals surface area contributed by atoms with Gasteiger partial charge < -0.3 is 4.42 Å². The fraction of sp³-hybridized carbons (Fsp3) is 0.182. The molecule has 1 aromatic carbocycles. The zero-order valence-corrected chi connectivity index (χ0v) is 7.74. The second-order valence-corrected chi connectivity index (χ2v) is 3.11. The van der Waals surface area contributed by atoms with Crippen molar-refractivity contribution in [1.82, 2.24) is 4.98 Å². The van der Waals surface area contributed by atoms with Gasteiger partial charge in [0.1, 0.15) is 0 Å². The van der Waals surface area contributed by atoms with Gasteiger partial charge in [0.15, 0.2) is 11.7 Å². The van der Waals surface area contributed by atoms with Gasteiger partial charge in [0.2, 0.25) is 0 Å². The molecule has 66 valence electrons. The van der Waals surface area contributed by atoms with E-state index < -0.39 is 0 Å². The average molecular weight is 173 g/mol. The number of aryl methyl sites for hydroxylation is 2. The number of rotatable bonds is 1. The Morgan fingerprint density at radius 3 is 2.31 bits per heavy atom. The molecule has 0 atom stereocenters. The Kier molecular flexibility index (Phi) is 1.89. The summed E-state index contributed by atoms with van der Waals surface area (Å²) in [4.78, 5) is 4.05. The third kappa shape index (κ3) is 1.61. The quantitative estimate of drug-likeness (QED) is 0.662. The Labute approximate surface area is 77.2 Å². The fourth-order valence-corrected chi connectivity index (χ4v) is 1.21. The van der Waals surface area contributed by atoms with Gasteiger partial charge in [-0.15, -0.1) is 0 Å². The highest BCUT2D eigenvalue weighted by atomic mass is 16.4. The molecular weight excluding hydrogens is 162 g/mol. The van der Waals surface area contributed by atoms with Gasteiger partial charge in [-0.05, 0) is 6.92 Å². The molecule has 0 radical (unpaired) electrons. The number of aromatic nitrogens is 1. The van der Waals surface area contributed by atoms with Gasteiger partial charge in [0.25, 0.3) is 0 Å². The van der Waals surface area contributed by atoms with E-state index in [0.29, 0.717) is 5.89 Å². The molecule has 0 bridgehead atoms. The predicted octanol–water partition coefficient (Wildman–Crippen LogP) is 2.96. The molecule has 1 heterocycles. The van der Waals surface area contributed by atoms with E-state index in [0.717, 1.165) is 11.3 Å². The van der Waals surface area contributed by atoms with Crippen molar-refractivity contribution in [1.29, 1.82) is 0 Å². The van der Waals surface area contributed by atoms with Crippen molar-refractivity contribution in [3.05, 3.63) is 41.9 Å². The first-order valence-electron chi connectivity index (χ1n) is 4.25. The molecular formula is C11H11NO. The van der Waals surface area contributed by atoms with Crippen LogP contribution in [-0.4, -0.2) is 4.98 Å². The number of hydrogen-bond donors (Lipinski definition) is 0. The van der Waals surface area contributed by atoms with Crippen LogP contribution in [0.4, 0.5) is 0 Å². The van der Waals surface area contributed by atoms with E-state index in [-0.39, 0.29) is 0 Å². The minimum absolute atomic E-state index is 0.704. The summed E-state index contributed by atoms with van der Waals surface area (Å²) in [6, 6.07) is 8.20. The van der Waals surface area contributed by atoms with Gasteiger partial charge in [-0.25, -0.2) is 4.98 Å². The zero-order chi connectivity index (χ0) is 9.26. The minimum atomic E-state index is 0.704. The summed E-state index contributed by atoms with van der Waals surface area (Å²) in [6.07, 6.45) is 1.75. The highest BCUT2D eigenvalue weighted by Crippen LogP contribution is 2.19. The summed E-state index contributed by atoms with van der Waals surface area (Å²) in [7, 11) is 0. The van der Waals surface area contributed by atoms with Crippen molar-refractivity contribution in [3.8, 4) is 11.3 Å². The van der Waals surface area contributed by atoms with Crippen molar-refractivity contribution in [3.63, 3.8) is 0 Å². The number of benzene rings is 1. The molecule has 1 aromatic heterocycles. The Morgan fingerprint density at radius 1 is 1.08 bits per heavy atom. The summed E-state index contributed by atoms with van der Waals surface area (Å²) >= 11 is 0. The first kappa shape index (κ1) is 8.05. The predicted molar refractivity (Wildman–Crippen MR) is 51.4 cm³/mol. The summed E-state index contributed by atoms with van der Waals surface area (Å²) in [5.41, 5.74) is 2.33. The first-order chi connectivity index (χ1) is 6.25.